The first-order chi connectivity index (χ1) is 13.8. The molecule has 1 saturated heterocycles. The van der Waals surface area contributed by atoms with Gasteiger partial charge in [-0.2, -0.15) is 0 Å². The van der Waals surface area contributed by atoms with Crippen LogP contribution in [-0.2, 0) is 17.9 Å². The highest BCUT2D eigenvalue weighted by atomic mass is 32.1. The zero-order valence-corrected chi connectivity index (χ0v) is 16.7. The molecular formula is C21H26N4O2S+2. The van der Waals surface area contributed by atoms with Gasteiger partial charge in [-0.1, -0.05) is 12.1 Å². The Kier molecular flexibility index (Phi) is 6.04. The van der Waals surface area contributed by atoms with Crippen molar-refractivity contribution in [1.29, 1.82) is 0 Å². The lowest BCUT2D eigenvalue weighted by Gasteiger charge is -2.31. The number of hydrogen-bond donors (Lipinski definition) is 1. The molecule has 7 heteroatoms. The number of carbonyl (C=O) groups excluding carboxylic acids is 1. The van der Waals surface area contributed by atoms with Crippen molar-refractivity contribution in [2.75, 3.05) is 37.6 Å². The van der Waals surface area contributed by atoms with Crippen LogP contribution in [-0.4, -0.2) is 43.5 Å². The van der Waals surface area contributed by atoms with Crippen molar-refractivity contribution >= 4 is 23.1 Å². The van der Waals surface area contributed by atoms with Crippen LogP contribution in [0.4, 0.5) is 5.82 Å². The largest absolute Gasteiger partial charge is 0.463 e. The fourth-order valence-corrected chi connectivity index (χ4v) is 4.39. The van der Waals surface area contributed by atoms with E-state index in [0.29, 0.717) is 6.54 Å². The normalized spacial score (nSPS) is 15.6. The molecule has 1 fully saturated rings. The fourth-order valence-electron chi connectivity index (χ4n) is 3.61. The number of aromatic amines is 1. The first-order valence-electron chi connectivity index (χ1n) is 9.66. The summed E-state index contributed by atoms with van der Waals surface area (Å²) in [6.07, 6.45) is 3.63. The van der Waals surface area contributed by atoms with Gasteiger partial charge in [-0.15, -0.1) is 11.3 Å². The minimum Gasteiger partial charge on any atom is -0.463 e. The van der Waals surface area contributed by atoms with E-state index >= 15 is 0 Å². The Morgan fingerprint density at radius 1 is 1.07 bits per heavy atom. The lowest BCUT2D eigenvalue weighted by atomic mass is 10.2. The SMILES string of the molecule is O=C(C[NH+](Cc1ccco1)Cc1cccs1)N1CCN(c2cccc[nH+]2)CC1. The molecule has 0 bridgehead atoms. The molecule has 1 unspecified atom stereocenters. The first-order valence-corrected chi connectivity index (χ1v) is 10.5. The number of carbonyl (C=O) groups is 1. The van der Waals surface area contributed by atoms with Crippen LogP contribution in [0.5, 0.6) is 0 Å². The van der Waals surface area contributed by atoms with Gasteiger partial charge in [0, 0.05) is 6.07 Å². The molecule has 1 atom stereocenters. The Morgan fingerprint density at radius 3 is 2.64 bits per heavy atom. The summed E-state index contributed by atoms with van der Waals surface area (Å²) in [7, 11) is 0. The third-order valence-electron chi connectivity index (χ3n) is 5.08. The van der Waals surface area contributed by atoms with E-state index < -0.39 is 0 Å². The number of H-pyrrole nitrogens is 1. The van der Waals surface area contributed by atoms with Crippen molar-refractivity contribution in [1.82, 2.24) is 4.90 Å². The molecule has 1 amide bonds. The van der Waals surface area contributed by atoms with Gasteiger partial charge < -0.3 is 14.2 Å². The molecule has 3 aromatic rings. The Balaban J connectivity index is 1.34. The predicted octanol–water partition coefficient (Wildman–Crippen LogP) is 1.09. The second kappa shape index (κ2) is 9.03. The molecule has 3 aromatic heterocycles. The highest BCUT2D eigenvalue weighted by molar-refractivity contribution is 7.09. The first kappa shape index (κ1) is 18.7. The lowest BCUT2D eigenvalue weighted by molar-refractivity contribution is -0.920. The van der Waals surface area contributed by atoms with Crippen molar-refractivity contribution in [3.63, 3.8) is 0 Å². The van der Waals surface area contributed by atoms with Gasteiger partial charge >= 0.3 is 0 Å². The summed E-state index contributed by atoms with van der Waals surface area (Å²) in [5.74, 6) is 2.25. The van der Waals surface area contributed by atoms with Gasteiger partial charge in [0.15, 0.2) is 12.3 Å². The van der Waals surface area contributed by atoms with E-state index in [1.54, 1.807) is 17.6 Å². The van der Waals surface area contributed by atoms with E-state index in [4.69, 9.17) is 4.42 Å². The second-order valence-corrected chi connectivity index (χ2v) is 8.09. The maximum Gasteiger partial charge on any atom is 0.278 e. The standard InChI is InChI=1S/C21H24N4O2S/c26-21(25-11-9-24(10-12-25)20-7-1-2-8-22-20)17-23(15-18-5-3-13-27-18)16-19-6-4-14-28-19/h1-8,13-14H,9-12,15-17H2/p+2. The van der Waals surface area contributed by atoms with Crippen LogP contribution in [0.1, 0.15) is 10.6 Å². The Hall–Kier alpha value is -2.64. The van der Waals surface area contributed by atoms with Gasteiger partial charge in [-0.05, 0) is 29.6 Å². The van der Waals surface area contributed by atoms with Gasteiger partial charge in [-0.3, -0.25) is 9.69 Å². The molecule has 0 aromatic carbocycles. The number of pyridine rings is 1. The van der Waals surface area contributed by atoms with Crippen LogP contribution in [0.2, 0.25) is 0 Å². The van der Waals surface area contributed by atoms with Crippen molar-refractivity contribution in [2.24, 2.45) is 0 Å². The van der Waals surface area contributed by atoms with Crippen molar-refractivity contribution in [3.05, 3.63) is 70.9 Å². The Morgan fingerprint density at radius 2 is 1.96 bits per heavy atom. The van der Waals surface area contributed by atoms with Crippen LogP contribution in [0, 0.1) is 0 Å². The van der Waals surface area contributed by atoms with Gasteiger partial charge in [0.1, 0.15) is 26.2 Å². The summed E-state index contributed by atoms with van der Waals surface area (Å²) in [4.78, 5) is 23.0. The minimum absolute atomic E-state index is 0.217. The highest BCUT2D eigenvalue weighted by Crippen LogP contribution is 2.10. The van der Waals surface area contributed by atoms with Crippen molar-refractivity contribution in [2.45, 2.75) is 13.1 Å². The molecule has 4 heterocycles. The topological polar surface area (TPSA) is 55.3 Å². The summed E-state index contributed by atoms with van der Waals surface area (Å²) in [6.45, 7) is 5.26. The molecule has 0 spiro atoms. The molecule has 1 aliphatic heterocycles. The van der Waals surface area contributed by atoms with E-state index in [1.807, 2.05) is 35.4 Å². The fraction of sp³-hybridized carbons (Fsp3) is 0.333. The summed E-state index contributed by atoms with van der Waals surface area (Å²) in [5, 5.41) is 2.08. The van der Waals surface area contributed by atoms with Crippen molar-refractivity contribution < 1.29 is 19.1 Å². The van der Waals surface area contributed by atoms with E-state index in [2.05, 4.69) is 33.5 Å². The molecule has 6 nitrogen and oxygen atoms in total. The Bertz CT molecular complexity index is 808. The molecule has 28 heavy (non-hydrogen) atoms. The molecule has 1 aliphatic rings. The average Bonchev–Trinajstić information content (AvgIpc) is 3.43. The van der Waals surface area contributed by atoms with Crippen molar-refractivity contribution in [3.8, 4) is 0 Å². The maximum atomic E-state index is 13.0. The molecule has 146 valence electrons. The molecule has 0 saturated carbocycles. The minimum atomic E-state index is 0.217. The van der Waals surface area contributed by atoms with E-state index in [0.717, 1.165) is 50.8 Å². The number of aromatic nitrogens is 1. The zero-order chi connectivity index (χ0) is 19.2. The summed E-state index contributed by atoms with van der Waals surface area (Å²) in [6, 6.07) is 14.2. The van der Waals surface area contributed by atoms with E-state index in [-0.39, 0.29) is 5.91 Å². The number of amides is 1. The van der Waals surface area contributed by atoms with Crippen LogP contribution in [0.25, 0.3) is 0 Å². The smallest absolute Gasteiger partial charge is 0.278 e. The summed E-state index contributed by atoms with van der Waals surface area (Å²) < 4.78 is 5.52. The van der Waals surface area contributed by atoms with Crippen LogP contribution < -0.4 is 14.8 Å². The summed E-state index contributed by atoms with van der Waals surface area (Å²) in [5.41, 5.74) is 0. The quantitative estimate of drug-likeness (QED) is 0.648. The van der Waals surface area contributed by atoms with Gasteiger partial charge in [0.25, 0.3) is 11.7 Å². The van der Waals surface area contributed by atoms with Crippen LogP contribution >= 0.6 is 11.3 Å². The van der Waals surface area contributed by atoms with Gasteiger partial charge in [0.2, 0.25) is 0 Å². The average molecular weight is 399 g/mol. The molecule has 0 radical (unpaired) electrons. The number of quaternary nitrogens is 1. The van der Waals surface area contributed by atoms with Crippen LogP contribution in [0.15, 0.2) is 64.7 Å². The van der Waals surface area contributed by atoms with Gasteiger partial charge in [0.05, 0.1) is 30.4 Å². The zero-order valence-electron chi connectivity index (χ0n) is 15.8. The number of piperazine rings is 1. The predicted molar refractivity (Wildman–Crippen MR) is 108 cm³/mol. The molecule has 0 aliphatic carbocycles. The monoisotopic (exact) mass is 398 g/mol. The Labute approximate surface area is 169 Å². The molecule has 2 N–H and O–H groups in total. The van der Waals surface area contributed by atoms with Crippen LogP contribution in [0.3, 0.4) is 0 Å². The molecular weight excluding hydrogens is 372 g/mol. The number of anilines is 1. The number of nitrogens with zero attached hydrogens (tertiary/aromatic N) is 2. The second-order valence-electron chi connectivity index (χ2n) is 7.05. The van der Waals surface area contributed by atoms with E-state index in [9.17, 15) is 4.79 Å². The van der Waals surface area contributed by atoms with E-state index in [1.165, 1.54) is 9.78 Å². The lowest BCUT2D eigenvalue weighted by Crippen LogP contribution is -3.10. The highest BCUT2D eigenvalue weighted by Gasteiger charge is 2.28. The number of rotatable bonds is 7. The third kappa shape index (κ3) is 4.79. The number of hydrogen-bond acceptors (Lipinski definition) is 4. The number of thiophene rings is 1. The number of furan rings is 1. The summed E-state index contributed by atoms with van der Waals surface area (Å²) >= 11 is 1.74. The third-order valence-corrected chi connectivity index (χ3v) is 5.95. The number of nitrogens with one attached hydrogen (secondary N) is 2. The molecule has 4 rings (SSSR count). The maximum absolute atomic E-state index is 13.0. The van der Waals surface area contributed by atoms with Gasteiger partial charge in [-0.25, -0.2) is 4.98 Å².